The van der Waals surface area contributed by atoms with Gasteiger partial charge in [0.05, 0.1) is 5.02 Å². The molecule has 3 N–H and O–H groups in total. The molecular weight excluding hydrogens is 401 g/mol. The molecule has 25 heavy (non-hydrogen) atoms. The fourth-order valence-corrected chi connectivity index (χ4v) is 5.44. The molecule has 0 saturated carbocycles. The molecule has 0 aliphatic heterocycles. The van der Waals surface area contributed by atoms with Gasteiger partial charge < -0.3 is 10.3 Å². The molecule has 0 unspecified atom stereocenters. The molecule has 0 aliphatic rings. The fraction of sp³-hybridized carbons (Fsp3) is 0.250. The van der Waals surface area contributed by atoms with Gasteiger partial charge in [0.2, 0.25) is 0 Å². The van der Waals surface area contributed by atoms with E-state index in [-0.39, 0.29) is 19.1 Å². The van der Waals surface area contributed by atoms with Crippen LogP contribution in [0.1, 0.15) is 13.8 Å². The standard InChI is InChI=1S/C16H17Cl2N3O2S2/c1-16(2,19)9-21-6-5-10-7-11(3-4-13(10)21)20-25(22,23)14-8-12(17)15(18)24-14/h3-8,20H,9,19H2,1-2H3. The largest absolute Gasteiger partial charge is 0.346 e. The predicted octanol–water partition coefficient (Wildman–Crippen LogP) is 4.55. The number of nitrogens with one attached hydrogen (secondary N) is 1. The van der Waals surface area contributed by atoms with E-state index in [4.69, 9.17) is 28.9 Å². The molecule has 0 spiro atoms. The normalized spacial score (nSPS) is 12.7. The summed E-state index contributed by atoms with van der Waals surface area (Å²) in [7, 11) is -3.73. The molecule has 3 aromatic rings. The van der Waals surface area contributed by atoms with Crippen molar-refractivity contribution in [2.75, 3.05) is 4.72 Å². The maximum absolute atomic E-state index is 12.5. The molecule has 0 radical (unpaired) electrons. The van der Waals surface area contributed by atoms with Gasteiger partial charge in [0.1, 0.15) is 8.55 Å². The number of hydrogen-bond donors (Lipinski definition) is 2. The summed E-state index contributed by atoms with van der Waals surface area (Å²) in [6.45, 7) is 4.57. The maximum Gasteiger partial charge on any atom is 0.271 e. The second-order valence-corrected chi connectivity index (χ2v) is 10.5. The summed E-state index contributed by atoms with van der Waals surface area (Å²) in [6.07, 6.45) is 1.94. The van der Waals surface area contributed by atoms with Crippen molar-refractivity contribution in [1.82, 2.24) is 4.57 Å². The molecule has 1 aromatic carbocycles. The van der Waals surface area contributed by atoms with Crippen LogP contribution in [0.4, 0.5) is 5.69 Å². The van der Waals surface area contributed by atoms with Gasteiger partial charge in [0.25, 0.3) is 10.0 Å². The Labute approximate surface area is 160 Å². The average molecular weight is 418 g/mol. The quantitative estimate of drug-likeness (QED) is 0.638. The molecule has 5 nitrogen and oxygen atoms in total. The third kappa shape index (κ3) is 4.12. The lowest BCUT2D eigenvalue weighted by molar-refractivity contribution is 0.441. The van der Waals surface area contributed by atoms with Crippen molar-refractivity contribution >= 4 is 61.2 Å². The summed E-state index contributed by atoms with van der Waals surface area (Å²) in [5.74, 6) is 0. The Hall–Kier alpha value is -1.25. The first-order valence-corrected chi connectivity index (χ1v) is 10.5. The van der Waals surface area contributed by atoms with Crippen LogP contribution in [0.15, 0.2) is 40.7 Å². The number of rotatable bonds is 5. The highest BCUT2D eigenvalue weighted by atomic mass is 35.5. The molecule has 9 heteroatoms. The minimum absolute atomic E-state index is 0.0741. The van der Waals surface area contributed by atoms with Crippen molar-refractivity contribution in [2.24, 2.45) is 5.73 Å². The maximum atomic E-state index is 12.5. The number of hydrogen-bond acceptors (Lipinski definition) is 4. The van der Waals surface area contributed by atoms with Gasteiger partial charge in [-0.3, -0.25) is 4.72 Å². The number of sulfonamides is 1. The van der Waals surface area contributed by atoms with Crippen LogP contribution in [0.3, 0.4) is 0 Å². The van der Waals surface area contributed by atoms with E-state index in [1.54, 1.807) is 12.1 Å². The number of benzene rings is 1. The summed E-state index contributed by atoms with van der Waals surface area (Å²) in [6, 6.07) is 8.64. The molecule has 0 saturated heterocycles. The van der Waals surface area contributed by atoms with Gasteiger partial charge in [-0.1, -0.05) is 23.2 Å². The summed E-state index contributed by atoms with van der Waals surface area (Å²) >= 11 is 12.6. The summed E-state index contributed by atoms with van der Waals surface area (Å²) in [5.41, 5.74) is 7.19. The number of nitrogens with two attached hydrogens (primary N) is 1. The Bertz CT molecular complexity index is 1010. The van der Waals surface area contributed by atoms with Crippen molar-refractivity contribution in [2.45, 2.75) is 30.1 Å². The van der Waals surface area contributed by atoms with E-state index in [1.807, 2.05) is 36.7 Å². The lowest BCUT2D eigenvalue weighted by atomic mass is 10.1. The van der Waals surface area contributed by atoms with Crippen LogP contribution in [0, 0.1) is 0 Å². The molecule has 0 bridgehead atoms. The number of aromatic nitrogens is 1. The van der Waals surface area contributed by atoms with Crippen LogP contribution in [-0.4, -0.2) is 18.5 Å². The van der Waals surface area contributed by atoms with E-state index in [2.05, 4.69) is 4.72 Å². The molecule has 2 heterocycles. The van der Waals surface area contributed by atoms with Crippen LogP contribution in [0.2, 0.25) is 9.36 Å². The minimum atomic E-state index is -3.73. The van der Waals surface area contributed by atoms with Crippen LogP contribution >= 0.6 is 34.5 Å². The second-order valence-electron chi connectivity index (χ2n) is 6.50. The predicted molar refractivity (Wildman–Crippen MR) is 105 cm³/mol. The van der Waals surface area contributed by atoms with E-state index >= 15 is 0 Å². The molecular formula is C16H17Cl2N3O2S2. The zero-order valence-electron chi connectivity index (χ0n) is 13.6. The Morgan fingerprint density at radius 2 is 1.96 bits per heavy atom. The zero-order valence-corrected chi connectivity index (χ0v) is 16.7. The SMILES string of the molecule is CC(C)(N)Cn1ccc2cc(NS(=O)(=O)c3cc(Cl)c(Cl)s3)ccc21. The van der Waals surface area contributed by atoms with E-state index in [9.17, 15) is 8.42 Å². The fourth-order valence-electron chi connectivity index (χ4n) is 2.51. The number of thiophene rings is 1. The molecule has 3 rings (SSSR count). The van der Waals surface area contributed by atoms with E-state index in [0.29, 0.717) is 12.2 Å². The number of fused-ring (bicyclic) bond motifs is 1. The molecule has 0 amide bonds. The van der Waals surface area contributed by atoms with Crippen LogP contribution < -0.4 is 10.5 Å². The van der Waals surface area contributed by atoms with Crippen LogP contribution in [0.5, 0.6) is 0 Å². The van der Waals surface area contributed by atoms with Crippen LogP contribution in [-0.2, 0) is 16.6 Å². The Morgan fingerprint density at radius 1 is 1.24 bits per heavy atom. The van der Waals surface area contributed by atoms with Gasteiger partial charge in [0.15, 0.2) is 0 Å². The third-order valence-corrected chi connectivity index (χ3v) is 7.21. The lowest BCUT2D eigenvalue weighted by Crippen LogP contribution is -2.36. The monoisotopic (exact) mass is 417 g/mol. The first-order chi connectivity index (χ1) is 11.5. The van der Waals surface area contributed by atoms with Crippen molar-refractivity contribution in [1.29, 1.82) is 0 Å². The Morgan fingerprint density at radius 3 is 2.56 bits per heavy atom. The first kappa shape index (κ1) is 18.5. The summed E-state index contributed by atoms with van der Waals surface area (Å²) in [5, 5.41) is 1.15. The van der Waals surface area contributed by atoms with Gasteiger partial charge in [-0.25, -0.2) is 8.42 Å². The smallest absolute Gasteiger partial charge is 0.271 e. The minimum Gasteiger partial charge on any atom is -0.346 e. The Balaban J connectivity index is 1.90. The molecule has 2 aromatic heterocycles. The number of anilines is 1. The molecule has 134 valence electrons. The third-order valence-electron chi connectivity index (χ3n) is 3.49. The highest BCUT2D eigenvalue weighted by Gasteiger charge is 2.20. The Kier molecular flexibility index (Phi) is 4.81. The highest BCUT2D eigenvalue weighted by Crippen LogP contribution is 2.35. The second kappa shape index (κ2) is 6.48. The highest BCUT2D eigenvalue weighted by molar-refractivity contribution is 7.94. The molecule has 0 aliphatic carbocycles. The summed E-state index contributed by atoms with van der Waals surface area (Å²) in [4.78, 5) is 0. The zero-order chi connectivity index (χ0) is 18.4. The lowest BCUT2D eigenvalue weighted by Gasteiger charge is -2.20. The van der Waals surface area contributed by atoms with Crippen molar-refractivity contribution in [3.05, 3.63) is 45.9 Å². The molecule has 0 atom stereocenters. The van der Waals surface area contributed by atoms with Crippen molar-refractivity contribution < 1.29 is 8.42 Å². The van der Waals surface area contributed by atoms with Crippen LogP contribution in [0.25, 0.3) is 10.9 Å². The first-order valence-electron chi connectivity index (χ1n) is 7.41. The molecule has 0 fully saturated rings. The van der Waals surface area contributed by atoms with Crippen molar-refractivity contribution in [3.8, 4) is 0 Å². The summed E-state index contributed by atoms with van der Waals surface area (Å²) < 4.78 is 29.8. The number of halogens is 2. The van der Waals surface area contributed by atoms with E-state index in [0.717, 1.165) is 22.2 Å². The van der Waals surface area contributed by atoms with Gasteiger partial charge in [-0.15, -0.1) is 11.3 Å². The van der Waals surface area contributed by atoms with Gasteiger partial charge in [-0.05, 0) is 44.2 Å². The van der Waals surface area contributed by atoms with E-state index < -0.39 is 10.0 Å². The van der Waals surface area contributed by atoms with Crippen molar-refractivity contribution in [3.63, 3.8) is 0 Å². The topological polar surface area (TPSA) is 77.1 Å². The average Bonchev–Trinajstić information content (AvgIpc) is 3.02. The van der Waals surface area contributed by atoms with Gasteiger partial charge in [-0.2, -0.15) is 0 Å². The van der Waals surface area contributed by atoms with Gasteiger partial charge in [0, 0.05) is 34.9 Å². The number of nitrogens with zero attached hydrogens (tertiary/aromatic N) is 1. The van der Waals surface area contributed by atoms with E-state index in [1.165, 1.54) is 6.07 Å². The van der Waals surface area contributed by atoms with Gasteiger partial charge >= 0.3 is 0 Å².